The third kappa shape index (κ3) is 4.30. The van der Waals surface area contributed by atoms with Gasteiger partial charge in [-0.05, 0) is 38.3 Å². The van der Waals surface area contributed by atoms with Crippen LogP contribution in [0.25, 0.3) is 0 Å². The lowest BCUT2D eigenvalue weighted by atomic mass is 9.89. The molecule has 5 nitrogen and oxygen atoms in total. The van der Waals surface area contributed by atoms with Crippen LogP contribution in [0.4, 0.5) is 4.39 Å². The van der Waals surface area contributed by atoms with Crippen molar-refractivity contribution in [3.63, 3.8) is 0 Å². The normalized spacial score (nSPS) is 28.8. The lowest BCUT2D eigenvalue weighted by molar-refractivity contribution is -0.132. The van der Waals surface area contributed by atoms with Crippen molar-refractivity contribution in [3.05, 3.63) is 30.1 Å². The second kappa shape index (κ2) is 7.30. The van der Waals surface area contributed by atoms with Gasteiger partial charge in [0.15, 0.2) is 0 Å². The number of hydrogen-bond acceptors (Lipinski definition) is 4. The van der Waals surface area contributed by atoms with Gasteiger partial charge in [0.05, 0.1) is 0 Å². The Kier molecular flexibility index (Phi) is 5.29. The number of nitrogens with zero attached hydrogens (tertiary/aromatic N) is 2. The molecular weight excluding hydrogens is 323 g/mol. The maximum Gasteiger partial charge on any atom is 0.219 e. The van der Waals surface area contributed by atoms with E-state index in [1.54, 1.807) is 26.0 Å². The molecule has 6 heteroatoms. The summed E-state index contributed by atoms with van der Waals surface area (Å²) >= 11 is 0. The van der Waals surface area contributed by atoms with Gasteiger partial charge in [-0.2, -0.15) is 0 Å². The molecule has 1 aromatic carbocycles. The number of rotatable bonds is 3. The van der Waals surface area contributed by atoms with Crippen LogP contribution in [-0.2, 0) is 4.79 Å². The van der Waals surface area contributed by atoms with E-state index in [1.807, 2.05) is 4.90 Å². The molecule has 1 amide bonds. The summed E-state index contributed by atoms with van der Waals surface area (Å²) in [7, 11) is 0. The van der Waals surface area contributed by atoms with Gasteiger partial charge in [0, 0.05) is 45.2 Å². The molecule has 1 N–H and O–H groups in total. The van der Waals surface area contributed by atoms with Gasteiger partial charge < -0.3 is 14.7 Å². The monoisotopic (exact) mass is 350 g/mol. The second-order valence-corrected chi connectivity index (χ2v) is 7.42. The molecule has 2 aliphatic heterocycles. The van der Waals surface area contributed by atoms with Gasteiger partial charge in [-0.3, -0.25) is 9.69 Å². The zero-order valence-corrected chi connectivity index (χ0v) is 14.9. The van der Waals surface area contributed by atoms with Crippen molar-refractivity contribution in [1.82, 2.24) is 9.80 Å². The summed E-state index contributed by atoms with van der Waals surface area (Å²) in [6.45, 7) is 6.32. The highest BCUT2D eigenvalue weighted by atomic mass is 19.1. The van der Waals surface area contributed by atoms with Crippen LogP contribution in [0.1, 0.15) is 33.1 Å². The fourth-order valence-electron chi connectivity index (χ4n) is 3.93. The number of likely N-dealkylation sites (tertiary alicyclic amines) is 2. The van der Waals surface area contributed by atoms with E-state index in [2.05, 4.69) is 4.90 Å². The summed E-state index contributed by atoms with van der Waals surface area (Å²) < 4.78 is 19.2. The van der Waals surface area contributed by atoms with Crippen molar-refractivity contribution >= 4 is 5.91 Å². The number of amides is 1. The lowest BCUT2D eigenvalue weighted by Gasteiger charge is -2.47. The zero-order valence-electron chi connectivity index (χ0n) is 14.9. The van der Waals surface area contributed by atoms with Crippen LogP contribution in [0, 0.1) is 5.82 Å². The number of benzene rings is 1. The molecule has 138 valence electrons. The quantitative estimate of drug-likeness (QED) is 0.906. The predicted octanol–water partition coefficient (Wildman–Crippen LogP) is 2.04. The van der Waals surface area contributed by atoms with Crippen LogP contribution in [0.2, 0.25) is 0 Å². The van der Waals surface area contributed by atoms with Crippen LogP contribution in [0.15, 0.2) is 24.3 Å². The molecule has 2 fully saturated rings. The van der Waals surface area contributed by atoms with E-state index >= 15 is 0 Å². The van der Waals surface area contributed by atoms with Gasteiger partial charge in [-0.1, -0.05) is 6.07 Å². The molecule has 0 aliphatic carbocycles. The molecule has 1 aromatic rings. The summed E-state index contributed by atoms with van der Waals surface area (Å²) in [6.07, 6.45) is 2.20. The third-order valence-corrected chi connectivity index (χ3v) is 5.40. The van der Waals surface area contributed by atoms with Crippen molar-refractivity contribution in [3.8, 4) is 5.75 Å². The number of β-amino-alcohol motifs (C(OH)–C–C–N with tert-alkyl or cyclic N) is 1. The summed E-state index contributed by atoms with van der Waals surface area (Å²) in [5.74, 6) is 0.243. The minimum absolute atomic E-state index is 0.132. The Morgan fingerprint density at radius 2 is 2.00 bits per heavy atom. The Morgan fingerprint density at radius 1 is 1.28 bits per heavy atom. The van der Waals surface area contributed by atoms with Crippen LogP contribution in [0.5, 0.6) is 5.75 Å². The lowest BCUT2D eigenvalue weighted by Crippen LogP contribution is -2.60. The second-order valence-electron chi connectivity index (χ2n) is 7.42. The molecule has 0 spiro atoms. The molecule has 0 radical (unpaired) electrons. The van der Waals surface area contributed by atoms with Gasteiger partial charge in [0.25, 0.3) is 0 Å². The minimum Gasteiger partial charge on any atom is -0.487 e. The Bertz CT molecular complexity index is 614. The smallest absolute Gasteiger partial charge is 0.219 e. The Labute approximate surface area is 148 Å². The molecule has 3 rings (SSSR count). The van der Waals surface area contributed by atoms with Gasteiger partial charge in [0.1, 0.15) is 23.3 Å². The van der Waals surface area contributed by atoms with E-state index in [4.69, 9.17) is 4.74 Å². The highest BCUT2D eigenvalue weighted by Gasteiger charge is 2.42. The van der Waals surface area contributed by atoms with Crippen molar-refractivity contribution < 1.29 is 19.0 Å². The molecular formula is C19H27FN2O3. The first-order valence-corrected chi connectivity index (χ1v) is 8.99. The van der Waals surface area contributed by atoms with Crippen LogP contribution >= 0.6 is 0 Å². The van der Waals surface area contributed by atoms with E-state index in [0.29, 0.717) is 24.8 Å². The van der Waals surface area contributed by atoms with Crippen LogP contribution in [0.3, 0.4) is 0 Å². The van der Waals surface area contributed by atoms with E-state index in [1.165, 1.54) is 12.1 Å². The number of carbonyl (C=O) groups is 1. The standard InChI is InChI=1S/C19H27FN2O3/c1-14(23)21-9-6-16(7-10-21)22-11-8-18(19(2,24)13-22)25-17-5-3-4-15(20)12-17/h3-5,12,16,18,24H,6-11,13H2,1-2H3/t18-,19-/m0/s1. The summed E-state index contributed by atoms with van der Waals surface area (Å²) in [5, 5.41) is 10.9. The SMILES string of the molecule is CC(=O)N1CCC(N2CC[C@H](Oc3cccc(F)c3)[C@@](C)(O)C2)CC1. The first-order chi connectivity index (χ1) is 11.8. The van der Waals surface area contributed by atoms with Crippen LogP contribution in [-0.4, -0.2) is 64.7 Å². The fraction of sp³-hybridized carbons (Fsp3) is 0.632. The summed E-state index contributed by atoms with van der Waals surface area (Å²) in [6, 6.07) is 6.43. The number of piperidine rings is 2. The van der Waals surface area contributed by atoms with E-state index in [-0.39, 0.29) is 17.8 Å². The molecule has 0 bridgehead atoms. The Morgan fingerprint density at radius 3 is 2.60 bits per heavy atom. The maximum atomic E-state index is 13.3. The van der Waals surface area contributed by atoms with Crippen molar-refractivity contribution in [2.75, 3.05) is 26.2 Å². The Hall–Kier alpha value is -1.66. The molecule has 0 saturated carbocycles. The summed E-state index contributed by atoms with van der Waals surface area (Å²) in [5.41, 5.74) is -0.998. The minimum atomic E-state index is -0.998. The first-order valence-electron chi connectivity index (χ1n) is 8.99. The van der Waals surface area contributed by atoms with E-state index in [0.717, 1.165) is 32.5 Å². The topological polar surface area (TPSA) is 53.0 Å². The highest BCUT2D eigenvalue weighted by molar-refractivity contribution is 5.73. The van der Waals surface area contributed by atoms with Gasteiger partial charge in [0.2, 0.25) is 5.91 Å². The number of hydrogen-bond donors (Lipinski definition) is 1. The van der Waals surface area contributed by atoms with Gasteiger partial charge in [-0.15, -0.1) is 0 Å². The molecule has 25 heavy (non-hydrogen) atoms. The zero-order chi connectivity index (χ0) is 18.0. The number of ether oxygens (including phenoxy) is 1. The van der Waals surface area contributed by atoms with Gasteiger partial charge in [-0.25, -0.2) is 4.39 Å². The maximum absolute atomic E-state index is 13.3. The third-order valence-electron chi connectivity index (χ3n) is 5.40. The molecule has 2 heterocycles. The number of aliphatic hydroxyl groups is 1. The largest absolute Gasteiger partial charge is 0.487 e. The van der Waals surface area contributed by atoms with E-state index < -0.39 is 5.60 Å². The Balaban J connectivity index is 1.58. The molecule has 2 aliphatic rings. The van der Waals surface area contributed by atoms with Crippen molar-refractivity contribution in [2.45, 2.75) is 50.9 Å². The first kappa shape index (κ1) is 18.1. The fourth-order valence-corrected chi connectivity index (χ4v) is 3.93. The van der Waals surface area contributed by atoms with Crippen molar-refractivity contribution in [1.29, 1.82) is 0 Å². The predicted molar refractivity (Wildman–Crippen MR) is 92.9 cm³/mol. The summed E-state index contributed by atoms with van der Waals surface area (Å²) in [4.78, 5) is 15.6. The van der Waals surface area contributed by atoms with Gasteiger partial charge >= 0.3 is 0 Å². The molecule has 0 unspecified atom stereocenters. The van der Waals surface area contributed by atoms with Crippen molar-refractivity contribution in [2.24, 2.45) is 0 Å². The van der Waals surface area contributed by atoms with Crippen LogP contribution < -0.4 is 4.74 Å². The van der Waals surface area contributed by atoms with E-state index in [9.17, 15) is 14.3 Å². The molecule has 0 aromatic heterocycles. The molecule has 2 atom stereocenters. The molecule has 2 saturated heterocycles. The highest BCUT2D eigenvalue weighted by Crippen LogP contribution is 2.29. The number of halogens is 1. The number of carbonyl (C=O) groups excluding carboxylic acids is 1. The average molecular weight is 350 g/mol. The average Bonchev–Trinajstić information content (AvgIpc) is 2.56.